The monoisotopic (exact) mass is 287 g/mol. The maximum Gasteiger partial charge on any atom is 0.230 e. The SMILES string of the molecule is Cc1cccc(OCCc2nc(C3CCNCC3)no2)c1. The minimum atomic E-state index is 0.432. The summed E-state index contributed by atoms with van der Waals surface area (Å²) in [6.45, 7) is 4.67. The van der Waals surface area contributed by atoms with Crippen molar-refractivity contribution in [1.82, 2.24) is 15.5 Å². The Morgan fingerprint density at radius 2 is 2.19 bits per heavy atom. The van der Waals surface area contributed by atoms with E-state index in [4.69, 9.17) is 9.26 Å². The van der Waals surface area contributed by atoms with Gasteiger partial charge in [0.15, 0.2) is 5.82 Å². The Morgan fingerprint density at radius 1 is 1.33 bits per heavy atom. The molecule has 1 aliphatic heterocycles. The topological polar surface area (TPSA) is 60.2 Å². The number of aryl methyl sites for hydroxylation is 1. The van der Waals surface area contributed by atoms with E-state index in [0.29, 0.717) is 24.8 Å². The van der Waals surface area contributed by atoms with E-state index in [9.17, 15) is 0 Å². The number of piperidine rings is 1. The standard InChI is InChI=1S/C16H21N3O2/c1-12-3-2-4-14(11-12)20-10-7-15-18-16(19-21-15)13-5-8-17-9-6-13/h2-4,11,13,17H,5-10H2,1H3. The molecule has 0 spiro atoms. The second-order valence-corrected chi connectivity index (χ2v) is 5.49. The van der Waals surface area contributed by atoms with Crippen LogP contribution in [0.3, 0.4) is 0 Å². The summed E-state index contributed by atoms with van der Waals surface area (Å²) in [6.07, 6.45) is 2.81. The minimum Gasteiger partial charge on any atom is -0.493 e. The second-order valence-electron chi connectivity index (χ2n) is 5.49. The van der Waals surface area contributed by atoms with E-state index in [0.717, 1.165) is 37.5 Å². The molecule has 21 heavy (non-hydrogen) atoms. The summed E-state index contributed by atoms with van der Waals surface area (Å²) in [5.74, 6) is 2.83. The fourth-order valence-corrected chi connectivity index (χ4v) is 2.58. The Morgan fingerprint density at radius 3 is 3.00 bits per heavy atom. The number of hydrogen-bond donors (Lipinski definition) is 1. The molecule has 0 aliphatic carbocycles. The molecule has 1 saturated heterocycles. The predicted octanol–water partition coefficient (Wildman–Crippen LogP) is 2.47. The predicted molar refractivity (Wildman–Crippen MR) is 79.5 cm³/mol. The summed E-state index contributed by atoms with van der Waals surface area (Å²) in [5, 5.41) is 7.45. The molecular formula is C16H21N3O2. The molecule has 0 atom stereocenters. The fraction of sp³-hybridized carbons (Fsp3) is 0.500. The van der Waals surface area contributed by atoms with E-state index < -0.39 is 0 Å². The number of benzene rings is 1. The van der Waals surface area contributed by atoms with Gasteiger partial charge in [-0.2, -0.15) is 4.98 Å². The summed E-state index contributed by atoms with van der Waals surface area (Å²) in [5.41, 5.74) is 1.19. The highest BCUT2D eigenvalue weighted by atomic mass is 16.5. The fourth-order valence-electron chi connectivity index (χ4n) is 2.58. The van der Waals surface area contributed by atoms with Crippen LogP contribution in [-0.4, -0.2) is 29.8 Å². The van der Waals surface area contributed by atoms with Crippen LogP contribution < -0.4 is 10.1 Å². The first-order valence-electron chi connectivity index (χ1n) is 7.54. The quantitative estimate of drug-likeness (QED) is 0.915. The molecule has 0 amide bonds. The van der Waals surface area contributed by atoms with E-state index in [1.54, 1.807) is 0 Å². The van der Waals surface area contributed by atoms with Crippen molar-refractivity contribution in [3.05, 3.63) is 41.5 Å². The number of rotatable bonds is 5. The van der Waals surface area contributed by atoms with E-state index in [2.05, 4.69) is 28.4 Å². The van der Waals surface area contributed by atoms with E-state index in [1.165, 1.54) is 5.56 Å². The summed E-state index contributed by atoms with van der Waals surface area (Å²) in [4.78, 5) is 4.50. The first-order valence-corrected chi connectivity index (χ1v) is 7.54. The molecule has 112 valence electrons. The highest BCUT2D eigenvalue weighted by Gasteiger charge is 2.20. The first-order chi connectivity index (χ1) is 10.3. The van der Waals surface area contributed by atoms with Crippen molar-refractivity contribution in [2.24, 2.45) is 0 Å². The zero-order chi connectivity index (χ0) is 14.5. The van der Waals surface area contributed by atoms with Gasteiger partial charge < -0.3 is 14.6 Å². The molecule has 1 fully saturated rings. The largest absolute Gasteiger partial charge is 0.493 e. The average molecular weight is 287 g/mol. The van der Waals surface area contributed by atoms with Gasteiger partial charge in [0.05, 0.1) is 13.0 Å². The van der Waals surface area contributed by atoms with E-state index in [-0.39, 0.29) is 0 Å². The zero-order valence-corrected chi connectivity index (χ0v) is 12.3. The van der Waals surface area contributed by atoms with Crippen LogP contribution in [0.25, 0.3) is 0 Å². The van der Waals surface area contributed by atoms with Gasteiger partial charge >= 0.3 is 0 Å². The third kappa shape index (κ3) is 3.82. The lowest BCUT2D eigenvalue weighted by Crippen LogP contribution is -2.27. The lowest BCUT2D eigenvalue weighted by atomic mass is 9.98. The molecule has 0 saturated carbocycles. The third-order valence-corrected chi connectivity index (χ3v) is 3.76. The van der Waals surface area contributed by atoms with Gasteiger partial charge in [-0.05, 0) is 50.6 Å². The highest BCUT2D eigenvalue weighted by molar-refractivity contribution is 5.27. The summed E-state index contributed by atoms with van der Waals surface area (Å²) < 4.78 is 11.0. The molecule has 1 aromatic carbocycles. The molecule has 0 bridgehead atoms. The molecule has 1 aromatic heterocycles. The van der Waals surface area contributed by atoms with Crippen LogP contribution in [0.15, 0.2) is 28.8 Å². The van der Waals surface area contributed by atoms with Gasteiger partial charge in [-0.3, -0.25) is 0 Å². The summed E-state index contributed by atoms with van der Waals surface area (Å²) in [7, 11) is 0. The summed E-state index contributed by atoms with van der Waals surface area (Å²) >= 11 is 0. The molecule has 5 heteroatoms. The van der Waals surface area contributed by atoms with Crippen LogP contribution >= 0.6 is 0 Å². The molecule has 5 nitrogen and oxygen atoms in total. The second kappa shape index (κ2) is 6.72. The van der Waals surface area contributed by atoms with Gasteiger partial charge in [0.2, 0.25) is 5.89 Å². The number of nitrogens with zero attached hydrogens (tertiary/aromatic N) is 2. The maximum absolute atomic E-state index is 5.71. The molecule has 2 aromatic rings. The van der Waals surface area contributed by atoms with Gasteiger partial charge in [-0.1, -0.05) is 17.3 Å². The zero-order valence-electron chi connectivity index (χ0n) is 12.3. The molecule has 1 aliphatic rings. The lowest BCUT2D eigenvalue weighted by Gasteiger charge is -2.18. The van der Waals surface area contributed by atoms with E-state index >= 15 is 0 Å². The van der Waals surface area contributed by atoms with Crippen LogP contribution in [0, 0.1) is 6.92 Å². The van der Waals surface area contributed by atoms with Crippen LogP contribution in [0.4, 0.5) is 0 Å². The normalized spacial score (nSPS) is 16.0. The Kier molecular flexibility index (Phi) is 4.50. The molecule has 0 unspecified atom stereocenters. The smallest absolute Gasteiger partial charge is 0.230 e. The number of nitrogens with one attached hydrogen (secondary N) is 1. The molecule has 3 rings (SSSR count). The first kappa shape index (κ1) is 14.1. The maximum atomic E-state index is 5.71. The Bertz CT molecular complexity index is 576. The molecule has 0 radical (unpaired) electrons. The average Bonchev–Trinajstić information content (AvgIpc) is 2.97. The Labute approximate surface area is 124 Å². The minimum absolute atomic E-state index is 0.432. The molecular weight excluding hydrogens is 266 g/mol. The summed E-state index contributed by atoms with van der Waals surface area (Å²) in [6, 6.07) is 8.03. The van der Waals surface area contributed by atoms with Crippen molar-refractivity contribution in [3.8, 4) is 5.75 Å². The van der Waals surface area contributed by atoms with E-state index in [1.807, 2.05) is 18.2 Å². The highest BCUT2D eigenvalue weighted by Crippen LogP contribution is 2.22. The number of aromatic nitrogens is 2. The van der Waals surface area contributed by atoms with Gasteiger partial charge in [0.25, 0.3) is 0 Å². The van der Waals surface area contributed by atoms with Crippen LogP contribution in [-0.2, 0) is 6.42 Å². The van der Waals surface area contributed by atoms with Crippen molar-refractivity contribution in [2.45, 2.75) is 32.1 Å². The van der Waals surface area contributed by atoms with Crippen molar-refractivity contribution in [2.75, 3.05) is 19.7 Å². The van der Waals surface area contributed by atoms with Crippen molar-refractivity contribution in [1.29, 1.82) is 0 Å². The van der Waals surface area contributed by atoms with Gasteiger partial charge in [0, 0.05) is 5.92 Å². The van der Waals surface area contributed by atoms with Crippen molar-refractivity contribution < 1.29 is 9.26 Å². The number of hydrogen-bond acceptors (Lipinski definition) is 5. The van der Waals surface area contributed by atoms with Crippen molar-refractivity contribution >= 4 is 0 Å². The van der Waals surface area contributed by atoms with Crippen LogP contribution in [0.1, 0.15) is 36.0 Å². The van der Waals surface area contributed by atoms with Crippen LogP contribution in [0.5, 0.6) is 5.75 Å². The van der Waals surface area contributed by atoms with Gasteiger partial charge in [-0.15, -0.1) is 0 Å². The van der Waals surface area contributed by atoms with Crippen molar-refractivity contribution in [3.63, 3.8) is 0 Å². The Balaban J connectivity index is 1.50. The molecule has 1 N–H and O–H groups in total. The van der Waals surface area contributed by atoms with Crippen LogP contribution in [0.2, 0.25) is 0 Å². The number of ether oxygens (including phenoxy) is 1. The third-order valence-electron chi connectivity index (χ3n) is 3.76. The van der Waals surface area contributed by atoms with Gasteiger partial charge in [0.1, 0.15) is 5.75 Å². The molecule has 2 heterocycles. The van der Waals surface area contributed by atoms with Gasteiger partial charge in [-0.25, -0.2) is 0 Å². The Hall–Kier alpha value is -1.88. The lowest BCUT2D eigenvalue weighted by molar-refractivity contribution is 0.291.